The zero-order valence-corrected chi connectivity index (χ0v) is 16.1. The number of hydrogen-bond donors (Lipinski definition) is 3. The SMILES string of the molecule is CC[NH+](CC(=O)NC(C)(C)C)C[C@H](O)COCc1ccccc1OC. The Balaban J connectivity index is 2.38. The van der Waals surface area contributed by atoms with Crippen LogP contribution in [0.2, 0.25) is 0 Å². The summed E-state index contributed by atoms with van der Waals surface area (Å²) < 4.78 is 10.9. The summed E-state index contributed by atoms with van der Waals surface area (Å²) in [5, 5.41) is 13.1. The van der Waals surface area contributed by atoms with Crippen molar-refractivity contribution >= 4 is 5.91 Å². The predicted molar refractivity (Wildman–Crippen MR) is 97.8 cm³/mol. The highest BCUT2D eigenvalue weighted by atomic mass is 16.5. The molecule has 1 rings (SSSR count). The standard InChI is InChI=1S/C19H32N2O4/c1-6-21(12-18(23)20-19(2,3)4)11-16(22)14-25-13-15-9-7-8-10-17(15)24-5/h7-10,16,22H,6,11-14H2,1-5H3,(H,20,23)/p+1/t16-/m0/s1. The highest BCUT2D eigenvalue weighted by Gasteiger charge is 2.20. The number of para-hydroxylation sites is 1. The molecule has 0 heterocycles. The van der Waals surface area contributed by atoms with Gasteiger partial charge in [-0.05, 0) is 33.8 Å². The zero-order chi connectivity index (χ0) is 18.9. The lowest BCUT2D eigenvalue weighted by Crippen LogP contribution is -3.14. The third-order valence-electron chi connectivity index (χ3n) is 3.71. The van der Waals surface area contributed by atoms with Gasteiger partial charge < -0.3 is 24.8 Å². The molecule has 0 fully saturated rings. The fourth-order valence-corrected chi connectivity index (χ4v) is 2.55. The Labute approximate surface area is 151 Å². The monoisotopic (exact) mass is 353 g/mol. The summed E-state index contributed by atoms with van der Waals surface area (Å²) in [6.45, 7) is 10.1. The summed E-state index contributed by atoms with van der Waals surface area (Å²) in [6.07, 6.45) is -0.618. The van der Waals surface area contributed by atoms with E-state index in [-0.39, 0.29) is 18.1 Å². The van der Waals surface area contributed by atoms with Gasteiger partial charge in [-0.3, -0.25) is 4.79 Å². The molecule has 0 saturated carbocycles. The summed E-state index contributed by atoms with van der Waals surface area (Å²) in [4.78, 5) is 13.0. The first-order chi connectivity index (χ1) is 11.7. The van der Waals surface area contributed by atoms with Crippen LogP contribution in [0.5, 0.6) is 5.75 Å². The first kappa shape index (κ1) is 21.4. The number of rotatable bonds is 10. The molecular weight excluding hydrogens is 320 g/mol. The molecule has 6 nitrogen and oxygen atoms in total. The average Bonchev–Trinajstić information content (AvgIpc) is 2.52. The molecule has 1 aromatic rings. The zero-order valence-electron chi connectivity index (χ0n) is 16.1. The molecule has 6 heteroatoms. The van der Waals surface area contributed by atoms with E-state index in [0.29, 0.717) is 19.7 Å². The van der Waals surface area contributed by atoms with Crippen molar-refractivity contribution < 1.29 is 24.3 Å². The smallest absolute Gasteiger partial charge is 0.275 e. The molecule has 0 bridgehead atoms. The van der Waals surface area contributed by atoms with E-state index in [9.17, 15) is 9.90 Å². The number of aliphatic hydroxyl groups is 1. The Hall–Kier alpha value is -1.63. The van der Waals surface area contributed by atoms with Gasteiger partial charge in [0, 0.05) is 11.1 Å². The fourth-order valence-electron chi connectivity index (χ4n) is 2.55. The van der Waals surface area contributed by atoms with Gasteiger partial charge in [0.1, 0.15) is 18.4 Å². The van der Waals surface area contributed by atoms with Crippen molar-refractivity contribution in [2.45, 2.75) is 45.9 Å². The van der Waals surface area contributed by atoms with Crippen molar-refractivity contribution in [1.29, 1.82) is 0 Å². The summed E-state index contributed by atoms with van der Waals surface area (Å²) >= 11 is 0. The Morgan fingerprint density at radius 3 is 2.60 bits per heavy atom. The second-order valence-electron chi connectivity index (χ2n) is 7.26. The van der Waals surface area contributed by atoms with Crippen molar-refractivity contribution in [3.8, 4) is 5.75 Å². The second kappa shape index (κ2) is 10.4. The molecular formula is C19H33N2O4+. The van der Waals surface area contributed by atoms with E-state index in [4.69, 9.17) is 9.47 Å². The van der Waals surface area contributed by atoms with Gasteiger partial charge in [-0.25, -0.2) is 0 Å². The molecule has 142 valence electrons. The first-order valence-electron chi connectivity index (χ1n) is 8.77. The highest BCUT2D eigenvalue weighted by molar-refractivity contribution is 5.77. The van der Waals surface area contributed by atoms with Gasteiger partial charge in [-0.1, -0.05) is 18.2 Å². The molecule has 25 heavy (non-hydrogen) atoms. The molecule has 0 aliphatic carbocycles. The van der Waals surface area contributed by atoms with Crippen molar-refractivity contribution in [2.24, 2.45) is 0 Å². The molecule has 0 aromatic heterocycles. The number of carbonyl (C=O) groups excluding carboxylic acids is 1. The molecule has 0 spiro atoms. The van der Waals surface area contributed by atoms with Crippen molar-refractivity contribution in [3.05, 3.63) is 29.8 Å². The van der Waals surface area contributed by atoms with Crippen LogP contribution in [0.15, 0.2) is 24.3 Å². The van der Waals surface area contributed by atoms with Crippen LogP contribution in [-0.2, 0) is 16.1 Å². The molecule has 1 aromatic carbocycles. The quantitative estimate of drug-likeness (QED) is 0.569. The van der Waals surface area contributed by atoms with Crippen LogP contribution in [0.1, 0.15) is 33.3 Å². The molecule has 1 unspecified atom stereocenters. The van der Waals surface area contributed by atoms with E-state index in [2.05, 4.69) is 5.32 Å². The molecule has 3 N–H and O–H groups in total. The van der Waals surface area contributed by atoms with Gasteiger partial charge in [-0.2, -0.15) is 0 Å². The summed E-state index contributed by atoms with van der Waals surface area (Å²) in [7, 11) is 1.62. The Bertz CT molecular complexity index is 528. The van der Waals surface area contributed by atoms with Gasteiger partial charge in [0.15, 0.2) is 6.54 Å². The van der Waals surface area contributed by atoms with Gasteiger partial charge >= 0.3 is 0 Å². The van der Waals surface area contributed by atoms with Gasteiger partial charge in [0.25, 0.3) is 5.91 Å². The lowest BCUT2D eigenvalue weighted by atomic mass is 10.1. The van der Waals surface area contributed by atoms with Crippen LogP contribution in [0.25, 0.3) is 0 Å². The van der Waals surface area contributed by atoms with E-state index in [1.165, 1.54) is 0 Å². The minimum absolute atomic E-state index is 0.00788. The number of nitrogens with one attached hydrogen (secondary N) is 2. The second-order valence-corrected chi connectivity index (χ2v) is 7.26. The fraction of sp³-hybridized carbons (Fsp3) is 0.632. The highest BCUT2D eigenvalue weighted by Crippen LogP contribution is 2.17. The topological polar surface area (TPSA) is 72.2 Å². The number of ether oxygens (including phenoxy) is 2. The average molecular weight is 353 g/mol. The van der Waals surface area contributed by atoms with Crippen molar-refractivity contribution in [3.63, 3.8) is 0 Å². The summed E-state index contributed by atoms with van der Waals surface area (Å²) in [5.74, 6) is 0.767. The number of aliphatic hydroxyl groups excluding tert-OH is 1. The molecule has 2 atom stereocenters. The summed E-state index contributed by atoms with van der Waals surface area (Å²) in [5.41, 5.74) is 0.702. The largest absolute Gasteiger partial charge is 0.496 e. The maximum atomic E-state index is 12.0. The number of hydrogen-bond acceptors (Lipinski definition) is 4. The van der Waals surface area contributed by atoms with Crippen molar-refractivity contribution in [2.75, 3.05) is 33.4 Å². The Morgan fingerprint density at radius 1 is 1.32 bits per heavy atom. The minimum atomic E-state index is -0.618. The molecule has 0 radical (unpaired) electrons. The number of carbonyl (C=O) groups is 1. The number of methoxy groups -OCH3 is 1. The molecule has 0 aliphatic heterocycles. The molecule has 1 amide bonds. The Morgan fingerprint density at radius 2 is 2.00 bits per heavy atom. The van der Waals surface area contributed by atoms with Crippen LogP contribution in [-0.4, -0.2) is 56.0 Å². The third kappa shape index (κ3) is 8.86. The number of benzene rings is 1. The van der Waals surface area contributed by atoms with Crippen LogP contribution in [0, 0.1) is 0 Å². The Kier molecular flexibility index (Phi) is 8.89. The van der Waals surface area contributed by atoms with Gasteiger partial charge in [-0.15, -0.1) is 0 Å². The summed E-state index contributed by atoms with van der Waals surface area (Å²) in [6, 6.07) is 7.65. The number of quaternary nitrogens is 1. The van der Waals surface area contributed by atoms with Crippen LogP contribution < -0.4 is 15.0 Å². The van der Waals surface area contributed by atoms with Crippen LogP contribution in [0.3, 0.4) is 0 Å². The third-order valence-corrected chi connectivity index (χ3v) is 3.71. The van der Waals surface area contributed by atoms with Gasteiger partial charge in [0.05, 0.1) is 26.9 Å². The molecule has 0 aliphatic rings. The van der Waals surface area contributed by atoms with E-state index >= 15 is 0 Å². The predicted octanol–water partition coefficient (Wildman–Crippen LogP) is 0.392. The maximum Gasteiger partial charge on any atom is 0.275 e. The lowest BCUT2D eigenvalue weighted by Gasteiger charge is -2.24. The minimum Gasteiger partial charge on any atom is -0.496 e. The number of likely N-dealkylation sites (N-methyl/N-ethyl adjacent to an activating group) is 1. The van der Waals surface area contributed by atoms with E-state index in [1.54, 1.807) is 7.11 Å². The van der Waals surface area contributed by atoms with E-state index < -0.39 is 6.10 Å². The lowest BCUT2D eigenvalue weighted by molar-refractivity contribution is -0.893. The van der Waals surface area contributed by atoms with Crippen molar-refractivity contribution in [1.82, 2.24) is 5.32 Å². The van der Waals surface area contributed by atoms with E-state index in [0.717, 1.165) is 22.8 Å². The van der Waals surface area contributed by atoms with Gasteiger partial charge in [0.2, 0.25) is 0 Å². The normalized spacial score (nSPS) is 14.0. The first-order valence-corrected chi connectivity index (χ1v) is 8.77. The number of amides is 1. The maximum absolute atomic E-state index is 12.0. The van der Waals surface area contributed by atoms with E-state index in [1.807, 2.05) is 52.0 Å². The van der Waals surface area contributed by atoms with Crippen LogP contribution >= 0.6 is 0 Å². The molecule has 0 saturated heterocycles. The van der Waals surface area contributed by atoms with Crippen LogP contribution in [0.4, 0.5) is 0 Å².